The van der Waals surface area contributed by atoms with Crippen LogP contribution in [0.15, 0.2) is 24.4 Å². The summed E-state index contributed by atoms with van der Waals surface area (Å²) in [6, 6.07) is 6.13. The van der Waals surface area contributed by atoms with Gasteiger partial charge in [-0.2, -0.15) is 10.2 Å². The number of halogens is 1. The second kappa shape index (κ2) is 3.46. The van der Waals surface area contributed by atoms with E-state index in [1.165, 1.54) is 5.56 Å². The van der Waals surface area contributed by atoms with Gasteiger partial charge in [-0.1, -0.05) is 38.4 Å². The van der Waals surface area contributed by atoms with Gasteiger partial charge in [0.05, 0.1) is 16.7 Å². The lowest BCUT2D eigenvalue weighted by molar-refractivity contribution is 0.591. The van der Waals surface area contributed by atoms with E-state index in [0.717, 1.165) is 10.9 Å². The number of nitrogens with zero attached hydrogens (tertiary/aromatic N) is 2. The molecule has 2 aromatic rings. The van der Waals surface area contributed by atoms with Crippen molar-refractivity contribution in [3.8, 4) is 0 Å². The van der Waals surface area contributed by atoms with Crippen molar-refractivity contribution in [1.29, 1.82) is 0 Å². The summed E-state index contributed by atoms with van der Waals surface area (Å²) in [5, 5.41) is 9.48. The van der Waals surface area contributed by atoms with Crippen LogP contribution >= 0.6 is 11.6 Å². The highest BCUT2D eigenvalue weighted by Crippen LogP contribution is 2.28. The third-order valence-electron chi connectivity index (χ3n) is 2.46. The third kappa shape index (κ3) is 1.95. The van der Waals surface area contributed by atoms with Crippen molar-refractivity contribution in [3.05, 3.63) is 35.0 Å². The van der Waals surface area contributed by atoms with Crippen molar-refractivity contribution in [2.75, 3.05) is 0 Å². The molecule has 0 atom stereocenters. The van der Waals surface area contributed by atoms with Crippen molar-refractivity contribution in [2.45, 2.75) is 26.2 Å². The molecule has 0 aliphatic heterocycles. The molecule has 2 rings (SSSR count). The molecule has 1 aromatic carbocycles. The van der Waals surface area contributed by atoms with E-state index in [1.54, 1.807) is 6.20 Å². The van der Waals surface area contributed by atoms with Gasteiger partial charge in [0, 0.05) is 5.39 Å². The van der Waals surface area contributed by atoms with Crippen LogP contribution in [0.2, 0.25) is 5.02 Å². The Kier molecular flexibility index (Phi) is 2.39. The SMILES string of the molecule is CC(C)(C)c1ccc2nncc(Cl)c2c1. The molecule has 2 nitrogen and oxygen atoms in total. The minimum Gasteiger partial charge on any atom is -0.157 e. The van der Waals surface area contributed by atoms with Crippen molar-refractivity contribution in [2.24, 2.45) is 0 Å². The third-order valence-corrected chi connectivity index (χ3v) is 2.76. The maximum Gasteiger partial charge on any atom is 0.0944 e. The molecular weight excluding hydrogens is 208 g/mol. The fraction of sp³-hybridized carbons (Fsp3) is 0.333. The number of benzene rings is 1. The van der Waals surface area contributed by atoms with Crippen molar-refractivity contribution >= 4 is 22.5 Å². The Morgan fingerprint density at radius 3 is 2.60 bits per heavy atom. The lowest BCUT2D eigenvalue weighted by Crippen LogP contribution is -2.10. The molecule has 0 amide bonds. The van der Waals surface area contributed by atoms with E-state index in [9.17, 15) is 0 Å². The second-order valence-corrected chi connectivity index (χ2v) is 5.08. The number of aromatic nitrogens is 2. The molecule has 1 aromatic heterocycles. The first kappa shape index (κ1) is 10.4. The molecular formula is C12H13ClN2. The summed E-state index contributed by atoms with van der Waals surface area (Å²) in [7, 11) is 0. The summed E-state index contributed by atoms with van der Waals surface area (Å²) < 4.78 is 0. The molecule has 0 spiro atoms. The molecule has 0 fully saturated rings. The molecule has 0 aliphatic carbocycles. The summed E-state index contributed by atoms with van der Waals surface area (Å²) >= 11 is 6.08. The number of hydrogen-bond acceptors (Lipinski definition) is 2. The predicted octanol–water partition coefficient (Wildman–Crippen LogP) is 3.58. The maximum absolute atomic E-state index is 6.08. The summed E-state index contributed by atoms with van der Waals surface area (Å²) in [5.74, 6) is 0. The van der Waals surface area contributed by atoms with Gasteiger partial charge in [0.25, 0.3) is 0 Å². The van der Waals surface area contributed by atoms with Crippen LogP contribution in [-0.2, 0) is 5.41 Å². The van der Waals surface area contributed by atoms with Gasteiger partial charge in [-0.25, -0.2) is 0 Å². The van der Waals surface area contributed by atoms with Gasteiger partial charge in [0.15, 0.2) is 0 Å². The van der Waals surface area contributed by atoms with Gasteiger partial charge in [0.2, 0.25) is 0 Å². The Morgan fingerprint density at radius 2 is 1.93 bits per heavy atom. The second-order valence-electron chi connectivity index (χ2n) is 4.67. The van der Waals surface area contributed by atoms with Crippen LogP contribution in [0, 0.1) is 0 Å². The molecule has 0 saturated heterocycles. The quantitative estimate of drug-likeness (QED) is 0.678. The minimum atomic E-state index is 0.126. The molecule has 15 heavy (non-hydrogen) atoms. The van der Waals surface area contributed by atoms with E-state index in [4.69, 9.17) is 11.6 Å². The number of rotatable bonds is 0. The average molecular weight is 221 g/mol. The van der Waals surface area contributed by atoms with Crippen LogP contribution in [0.5, 0.6) is 0 Å². The van der Waals surface area contributed by atoms with Crippen LogP contribution < -0.4 is 0 Å². The Hall–Kier alpha value is -1.15. The van der Waals surface area contributed by atoms with Crippen LogP contribution in [0.1, 0.15) is 26.3 Å². The Labute approximate surface area is 94.3 Å². The lowest BCUT2D eigenvalue weighted by atomic mass is 9.86. The Balaban J connectivity index is 2.70. The molecule has 0 unspecified atom stereocenters. The minimum absolute atomic E-state index is 0.126. The van der Waals surface area contributed by atoms with Crippen LogP contribution in [0.25, 0.3) is 10.9 Å². The largest absolute Gasteiger partial charge is 0.157 e. The lowest BCUT2D eigenvalue weighted by Gasteiger charge is -2.19. The predicted molar refractivity (Wildman–Crippen MR) is 63.2 cm³/mol. The standard InChI is InChI=1S/C12H13ClN2/c1-12(2,3)8-4-5-11-9(6-8)10(13)7-14-15-11/h4-7H,1-3H3. The van der Waals surface area contributed by atoms with Crippen molar-refractivity contribution in [1.82, 2.24) is 10.2 Å². The molecule has 0 N–H and O–H groups in total. The summed E-state index contributed by atoms with van der Waals surface area (Å²) in [6.45, 7) is 6.53. The normalized spacial score (nSPS) is 12.0. The topological polar surface area (TPSA) is 25.8 Å². The van der Waals surface area contributed by atoms with E-state index in [2.05, 4.69) is 43.1 Å². The Morgan fingerprint density at radius 1 is 1.20 bits per heavy atom. The monoisotopic (exact) mass is 220 g/mol. The first-order valence-corrected chi connectivity index (χ1v) is 5.28. The van der Waals surface area contributed by atoms with Gasteiger partial charge in [-0.3, -0.25) is 0 Å². The fourth-order valence-electron chi connectivity index (χ4n) is 1.49. The first-order valence-electron chi connectivity index (χ1n) is 4.90. The van der Waals surface area contributed by atoms with E-state index in [1.807, 2.05) is 6.07 Å². The van der Waals surface area contributed by atoms with Gasteiger partial charge < -0.3 is 0 Å². The van der Waals surface area contributed by atoms with E-state index in [-0.39, 0.29) is 5.41 Å². The van der Waals surface area contributed by atoms with E-state index in [0.29, 0.717) is 5.02 Å². The van der Waals surface area contributed by atoms with E-state index < -0.39 is 0 Å². The maximum atomic E-state index is 6.08. The highest BCUT2D eigenvalue weighted by molar-refractivity contribution is 6.35. The zero-order chi connectivity index (χ0) is 11.1. The number of fused-ring (bicyclic) bond motifs is 1. The van der Waals surface area contributed by atoms with E-state index >= 15 is 0 Å². The zero-order valence-corrected chi connectivity index (χ0v) is 9.84. The first-order chi connectivity index (χ1) is 6.98. The Bertz CT molecular complexity index is 500. The van der Waals surface area contributed by atoms with Gasteiger partial charge in [0.1, 0.15) is 0 Å². The van der Waals surface area contributed by atoms with Gasteiger partial charge in [-0.15, -0.1) is 0 Å². The fourth-order valence-corrected chi connectivity index (χ4v) is 1.69. The van der Waals surface area contributed by atoms with Gasteiger partial charge >= 0.3 is 0 Å². The average Bonchev–Trinajstić information content (AvgIpc) is 2.16. The van der Waals surface area contributed by atoms with Crippen LogP contribution in [0.3, 0.4) is 0 Å². The summed E-state index contributed by atoms with van der Waals surface area (Å²) in [5.41, 5.74) is 2.22. The molecule has 0 aliphatic rings. The van der Waals surface area contributed by atoms with Gasteiger partial charge in [-0.05, 0) is 23.1 Å². The molecule has 0 saturated carbocycles. The highest BCUT2D eigenvalue weighted by Gasteiger charge is 2.14. The number of hydrogen-bond donors (Lipinski definition) is 0. The van der Waals surface area contributed by atoms with Crippen LogP contribution in [0.4, 0.5) is 0 Å². The highest BCUT2D eigenvalue weighted by atomic mass is 35.5. The summed E-state index contributed by atoms with van der Waals surface area (Å²) in [4.78, 5) is 0. The zero-order valence-electron chi connectivity index (χ0n) is 9.08. The van der Waals surface area contributed by atoms with Crippen molar-refractivity contribution < 1.29 is 0 Å². The van der Waals surface area contributed by atoms with Crippen molar-refractivity contribution in [3.63, 3.8) is 0 Å². The molecule has 78 valence electrons. The molecule has 0 bridgehead atoms. The smallest absolute Gasteiger partial charge is 0.0944 e. The summed E-state index contributed by atoms with van der Waals surface area (Å²) in [6.07, 6.45) is 1.58. The van der Waals surface area contributed by atoms with Crippen LogP contribution in [-0.4, -0.2) is 10.2 Å². The molecule has 3 heteroatoms. The molecule has 1 heterocycles. The molecule has 0 radical (unpaired) electrons.